The summed E-state index contributed by atoms with van der Waals surface area (Å²) in [6, 6.07) is 15.6. The minimum Gasteiger partial charge on any atom is -0.361 e. The smallest absolute Gasteiger partial charge is 0.220 e. The van der Waals surface area contributed by atoms with E-state index in [1.54, 1.807) is 0 Å². The molecular formula is C19H19ClN2O. The number of benzene rings is 2. The molecule has 0 aliphatic heterocycles. The van der Waals surface area contributed by atoms with Crippen LogP contribution in [0.5, 0.6) is 0 Å². The van der Waals surface area contributed by atoms with E-state index < -0.39 is 0 Å². The highest BCUT2D eigenvalue weighted by Crippen LogP contribution is 2.23. The van der Waals surface area contributed by atoms with E-state index >= 15 is 0 Å². The van der Waals surface area contributed by atoms with Crippen molar-refractivity contribution in [2.24, 2.45) is 0 Å². The molecule has 2 aromatic carbocycles. The van der Waals surface area contributed by atoms with Crippen LogP contribution in [0.25, 0.3) is 10.9 Å². The van der Waals surface area contributed by atoms with Crippen molar-refractivity contribution in [3.63, 3.8) is 0 Å². The molecular weight excluding hydrogens is 308 g/mol. The van der Waals surface area contributed by atoms with Crippen LogP contribution in [-0.4, -0.2) is 10.9 Å². The lowest BCUT2D eigenvalue weighted by molar-refractivity contribution is -0.121. The van der Waals surface area contributed by atoms with Crippen molar-refractivity contribution >= 4 is 28.4 Å². The average Bonchev–Trinajstić information content (AvgIpc) is 2.96. The molecule has 2 N–H and O–H groups in total. The van der Waals surface area contributed by atoms with Crippen LogP contribution in [0.4, 0.5) is 0 Å². The molecule has 1 unspecified atom stereocenters. The molecule has 0 fully saturated rings. The van der Waals surface area contributed by atoms with E-state index in [0.29, 0.717) is 17.9 Å². The number of aromatic amines is 1. The molecule has 1 heterocycles. The summed E-state index contributed by atoms with van der Waals surface area (Å²) in [7, 11) is 0. The summed E-state index contributed by atoms with van der Waals surface area (Å²) in [5.74, 6) is 0.0303. The standard InChI is InChI=1S/C19H19ClN2O/c1-13(15-6-2-4-8-17(15)20)22-19(23)11-10-14-12-21-18-9-5-3-7-16(14)18/h2-9,12-13,21H,10-11H2,1H3,(H,22,23). The zero-order valence-corrected chi connectivity index (χ0v) is 13.7. The van der Waals surface area contributed by atoms with Crippen molar-refractivity contribution in [3.05, 3.63) is 70.9 Å². The quantitative estimate of drug-likeness (QED) is 0.705. The van der Waals surface area contributed by atoms with Gasteiger partial charge < -0.3 is 10.3 Å². The van der Waals surface area contributed by atoms with E-state index in [9.17, 15) is 4.79 Å². The SMILES string of the molecule is CC(NC(=O)CCc1c[nH]c2ccccc12)c1ccccc1Cl. The third-order valence-electron chi connectivity index (χ3n) is 4.05. The maximum atomic E-state index is 12.2. The van der Waals surface area contributed by atoms with Gasteiger partial charge in [-0.2, -0.15) is 0 Å². The largest absolute Gasteiger partial charge is 0.361 e. The Balaban J connectivity index is 1.61. The van der Waals surface area contributed by atoms with Gasteiger partial charge in [0.05, 0.1) is 6.04 Å². The maximum absolute atomic E-state index is 12.2. The number of para-hydroxylation sites is 1. The van der Waals surface area contributed by atoms with Crippen LogP contribution in [0.15, 0.2) is 54.7 Å². The number of nitrogens with one attached hydrogen (secondary N) is 2. The van der Waals surface area contributed by atoms with E-state index in [2.05, 4.69) is 16.4 Å². The Hall–Kier alpha value is -2.26. The van der Waals surface area contributed by atoms with Gasteiger partial charge in [-0.1, -0.05) is 48.0 Å². The fraction of sp³-hybridized carbons (Fsp3) is 0.211. The highest BCUT2D eigenvalue weighted by atomic mass is 35.5. The van der Waals surface area contributed by atoms with Crippen molar-refractivity contribution in [1.82, 2.24) is 10.3 Å². The molecule has 0 spiro atoms. The third-order valence-corrected chi connectivity index (χ3v) is 4.39. The maximum Gasteiger partial charge on any atom is 0.220 e. The van der Waals surface area contributed by atoms with Gasteiger partial charge in [0.25, 0.3) is 0 Å². The second kappa shape index (κ2) is 6.88. The van der Waals surface area contributed by atoms with E-state index in [1.807, 2.05) is 55.6 Å². The molecule has 0 saturated heterocycles. The number of hydrogen-bond acceptors (Lipinski definition) is 1. The molecule has 0 aliphatic rings. The van der Waals surface area contributed by atoms with E-state index in [4.69, 9.17) is 11.6 Å². The van der Waals surface area contributed by atoms with Crippen molar-refractivity contribution in [2.45, 2.75) is 25.8 Å². The third kappa shape index (κ3) is 3.57. The zero-order valence-electron chi connectivity index (χ0n) is 13.0. The first-order chi connectivity index (χ1) is 11.1. The summed E-state index contributed by atoms with van der Waals surface area (Å²) < 4.78 is 0. The van der Waals surface area contributed by atoms with Crippen LogP contribution < -0.4 is 5.32 Å². The van der Waals surface area contributed by atoms with Crippen molar-refractivity contribution in [1.29, 1.82) is 0 Å². The van der Waals surface area contributed by atoms with Gasteiger partial charge in [-0.3, -0.25) is 4.79 Å². The van der Waals surface area contributed by atoms with E-state index in [1.165, 1.54) is 10.9 Å². The Labute approximate surface area is 140 Å². The van der Waals surface area contributed by atoms with Gasteiger partial charge in [-0.25, -0.2) is 0 Å². The molecule has 0 aliphatic carbocycles. The number of hydrogen-bond donors (Lipinski definition) is 2. The number of aromatic nitrogens is 1. The number of carbonyl (C=O) groups is 1. The molecule has 3 nitrogen and oxygen atoms in total. The monoisotopic (exact) mass is 326 g/mol. The van der Waals surface area contributed by atoms with Gasteiger partial charge >= 0.3 is 0 Å². The fourth-order valence-corrected chi connectivity index (χ4v) is 3.10. The van der Waals surface area contributed by atoms with Gasteiger partial charge in [0.15, 0.2) is 0 Å². The van der Waals surface area contributed by atoms with Crippen LogP contribution in [0, 0.1) is 0 Å². The predicted molar refractivity (Wildman–Crippen MR) is 94.6 cm³/mol. The highest BCUT2D eigenvalue weighted by Gasteiger charge is 2.13. The second-order valence-corrected chi connectivity index (χ2v) is 6.08. The number of halogens is 1. The summed E-state index contributed by atoms with van der Waals surface area (Å²) in [5, 5.41) is 4.87. The number of aryl methyl sites for hydroxylation is 1. The van der Waals surface area contributed by atoms with Crippen LogP contribution in [0.1, 0.15) is 30.5 Å². The molecule has 118 valence electrons. The van der Waals surface area contributed by atoms with E-state index in [0.717, 1.165) is 11.1 Å². The van der Waals surface area contributed by atoms with Gasteiger partial charge in [0.2, 0.25) is 5.91 Å². The van der Waals surface area contributed by atoms with Gasteiger partial charge in [0, 0.05) is 28.5 Å². The number of fused-ring (bicyclic) bond motifs is 1. The fourth-order valence-electron chi connectivity index (χ4n) is 2.80. The minimum absolute atomic E-state index is 0.0303. The number of rotatable bonds is 5. The van der Waals surface area contributed by atoms with E-state index in [-0.39, 0.29) is 11.9 Å². The molecule has 0 bridgehead atoms. The van der Waals surface area contributed by atoms with Gasteiger partial charge in [-0.05, 0) is 36.6 Å². The molecule has 0 saturated carbocycles. The topological polar surface area (TPSA) is 44.9 Å². The predicted octanol–water partition coefficient (Wildman–Crippen LogP) is 4.63. The van der Waals surface area contributed by atoms with Crippen molar-refractivity contribution in [3.8, 4) is 0 Å². The summed E-state index contributed by atoms with van der Waals surface area (Å²) in [6.45, 7) is 1.95. The Morgan fingerprint density at radius 2 is 1.91 bits per heavy atom. The lowest BCUT2D eigenvalue weighted by Crippen LogP contribution is -2.26. The Morgan fingerprint density at radius 1 is 1.17 bits per heavy atom. The number of carbonyl (C=O) groups excluding carboxylic acids is 1. The molecule has 3 rings (SSSR count). The lowest BCUT2D eigenvalue weighted by atomic mass is 10.1. The second-order valence-electron chi connectivity index (χ2n) is 5.67. The Kier molecular flexibility index (Phi) is 4.68. The first-order valence-corrected chi connectivity index (χ1v) is 8.11. The highest BCUT2D eigenvalue weighted by molar-refractivity contribution is 6.31. The minimum atomic E-state index is -0.0980. The van der Waals surface area contributed by atoms with Crippen molar-refractivity contribution < 1.29 is 4.79 Å². The summed E-state index contributed by atoms with van der Waals surface area (Å²) in [4.78, 5) is 15.4. The number of amides is 1. The lowest BCUT2D eigenvalue weighted by Gasteiger charge is -2.15. The molecule has 1 amide bonds. The van der Waals surface area contributed by atoms with Crippen LogP contribution in [0.2, 0.25) is 5.02 Å². The molecule has 0 radical (unpaired) electrons. The van der Waals surface area contributed by atoms with Gasteiger partial charge in [-0.15, -0.1) is 0 Å². The molecule has 23 heavy (non-hydrogen) atoms. The molecule has 3 aromatic rings. The summed E-state index contributed by atoms with van der Waals surface area (Å²) in [5.41, 5.74) is 3.21. The first-order valence-electron chi connectivity index (χ1n) is 7.74. The molecule has 1 atom stereocenters. The average molecular weight is 327 g/mol. The van der Waals surface area contributed by atoms with Gasteiger partial charge in [0.1, 0.15) is 0 Å². The molecule has 1 aromatic heterocycles. The van der Waals surface area contributed by atoms with Crippen LogP contribution >= 0.6 is 11.6 Å². The Bertz CT molecular complexity index is 825. The normalized spacial score (nSPS) is 12.3. The van der Waals surface area contributed by atoms with Crippen LogP contribution in [0.3, 0.4) is 0 Å². The first kappa shape index (κ1) is 15.6. The van der Waals surface area contributed by atoms with Crippen molar-refractivity contribution in [2.75, 3.05) is 0 Å². The zero-order chi connectivity index (χ0) is 16.2. The Morgan fingerprint density at radius 3 is 2.74 bits per heavy atom. The number of H-pyrrole nitrogens is 1. The summed E-state index contributed by atoms with van der Waals surface area (Å²) >= 11 is 6.17. The van der Waals surface area contributed by atoms with Crippen LogP contribution in [-0.2, 0) is 11.2 Å². The molecule has 4 heteroatoms. The summed E-state index contributed by atoms with van der Waals surface area (Å²) in [6.07, 6.45) is 3.15.